The molecule has 0 bridgehead atoms. The monoisotopic (exact) mass is 392 g/mol. The molecule has 0 spiro atoms. The average molecular weight is 393 g/mol. The number of hydrogen-bond donors (Lipinski definition) is 1. The van der Waals surface area contributed by atoms with Crippen LogP contribution in [0, 0.1) is 6.92 Å². The number of anilines is 1. The van der Waals surface area contributed by atoms with Gasteiger partial charge in [-0.1, -0.05) is 43.0 Å². The molecule has 0 saturated heterocycles. The van der Waals surface area contributed by atoms with Crippen molar-refractivity contribution in [3.63, 3.8) is 0 Å². The highest BCUT2D eigenvalue weighted by molar-refractivity contribution is 7.80. The maximum atomic E-state index is 6.40. The molecule has 0 unspecified atom stereocenters. The number of hydrogen-bond acceptors (Lipinski definition) is 2. The lowest BCUT2D eigenvalue weighted by atomic mass is 9.93. The zero-order valence-corrected chi connectivity index (χ0v) is 17.2. The van der Waals surface area contributed by atoms with Gasteiger partial charge in [0.15, 0.2) is 5.11 Å². The Kier molecular flexibility index (Phi) is 6.37. The molecule has 1 aromatic carbocycles. The highest BCUT2D eigenvalue weighted by Gasteiger charge is 2.29. The van der Waals surface area contributed by atoms with E-state index >= 15 is 0 Å². The van der Waals surface area contributed by atoms with Crippen LogP contribution in [0.3, 0.4) is 0 Å². The number of rotatable bonds is 4. The smallest absolute Gasteiger partial charge is 0.174 e. The van der Waals surface area contributed by atoms with E-state index in [2.05, 4.69) is 40.7 Å². The van der Waals surface area contributed by atoms with Crippen LogP contribution in [0.1, 0.15) is 55.5 Å². The van der Waals surface area contributed by atoms with E-state index in [1.807, 2.05) is 19.1 Å². The Morgan fingerprint density at radius 2 is 2.04 bits per heavy atom. The van der Waals surface area contributed by atoms with Crippen LogP contribution in [0.2, 0.25) is 5.02 Å². The highest BCUT2D eigenvalue weighted by Crippen LogP contribution is 2.33. The van der Waals surface area contributed by atoms with Crippen molar-refractivity contribution in [3.05, 3.63) is 51.2 Å². The van der Waals surface area contributed by atoms with Gasteiger partial charge in [-0.3, -0.25) is 0 Å². The maximum absolute atomic E-state index is 6.40. The molecule has 1 atom stereocenters. The number of aryl methyl sites for hydroxylation is 1. The molecule has 0 aliphatic heterocycles. The van der Waals surface area contributed by atoms with Crippen molar-refractivity contribution >= 4 is 46.0 Å². The Labute approximate surface area is 165 Å². The molecule has 2 nitrogen and oxygen atoms in total. The summed E-state index contributed by atoms with van der Waals surface area (Å²) < 4.78 is 0. The van der Waals surface area contributed by atoms with Gasteiger partial charge in [-0.15, -0.1) is 11.3 Å². The summed E-state index contributed by atoms with van der Waals surface area (Å²) in [5.74, 6) is 0. The first-order chi connectivity index (χ1) is 12.1. The van der Waals surface area contributed by atoms with E-state index in [0.29, 0.717) is 6.04 Å². The highest BCUT2D eigenvalue weighted by atomic mass is 35.5. The van der Waals surface area contributed by atoms with Gasteiger partial charge in [0.25, 0.3) is 0 Å². The van der Waals surface area contributed by atoms with Gasteiger partial charge in [0, 0.05) is 10.9 Å². The maximum Gasteiger partial charge on any atom is 0.174 e. The van der Waals surface area contributed by atoms with E-state index < -0.39 is 0 Å². The molecular formula is C20H25ClN2S2. The molecule has 1 aliphatic rings. The second-order valence-corrected chi connectivity index (χ2v) is 8.58. The molecule has 1 heterocycles. The Bertz CT molecular complexity index is 708. The first-order valence-electron chi connectivity index (χ1n) is 8.95. The number of thiophene rings is 1. The van der Waals surface area contributed by atoms with E-state index in [9.17, 15) is 0 Å². The molecule has 0 amide bonds. The lowest BCUT2D eigenvalue weighted by molar-refractivity contribution is 0.205. The van der Waals surface area contributed by atoms with Gasteiger partial charge in [0.1, 0.15) is 0 Å². The summed E-state index contributed by atoms with van der Waals surface area (Å²) in [6.07, 6.45) is 6.32. The van der Waals surface area contributed by atoms with Gasteiger partial charge in [0.2, 0.25) is 0 Å². The Balaban J connectivity index is 1.83. The molecule has 1 fully saturated rings. The van der Waals surface area contributed by atoms with Crippen molar-refractivity contribution in [2.75, 3.05) is 5.32 Å². The number of benzene rings is 1. The normalized spacial score (nSPS) is 16.4. The lowest BCUT2D eigenvalue weighted by Gasteiger charge is -2.40. The molecule has 134 valence electrons. The summed E-state index contributed by atoms with van der Waals surface area (Å²) in [7, 11) is 0. The minimum absolute atomic E-state index is 0.271. The van der Waals surface area contributed by atoms with E-state index in [-0.39, 0.29) is 6.04 Å². The van der Waals surface area contributed by atoms with Crippen LogP contribution < -0.4 is 5.32 Å². The van der Waals surface area contributed by atoms with Crippen LogP contribution in [0.25, 0.3) is 0 Å². The summed E-state index contributed by atoms with van der Waals surface area (Å²) >= 11 is 14.0. The number of halogens is 1. The third-order valence-electron chi connectivity index (χ3n) is 4.94. The van der Waals surface area contributed by atoms with Crippen LogP contribution >= 0.6 is 35.2 Å². The van der Waals surface area contributed by atoms with Crippen molar-refractivity contribution < 1.29 is 0 Å². The van der Waals surface area contributed by atoms with E-state index in [1.165, 1.54) is 37.0 Å². The average Bonchev–Trinajstić information content (AvgIpc) is 3.13. The van der Waals surface area contributed by atoms with Crippen LogP contribution in [0.5, 0.6) is 0 Å². The fourth-order valence-corrected chi connectivity index (χ4v) is 5.07. The van der Waals surface area contributed by atoms with Crippen molar-refractivity contribution in [1.82, 2.24) is 4.90 Å². The fraction of sp³-hybridized carbons (Fsp3) is 0.450. The molecule has 5 heteroatoms. The van der Waals surface area contributed by atoms with Gasteiger partial charge < -0.3 is 10.2 Å². The summed E-state index contributed by atoms with van der Waals surface area (Å²) in [5, 5.41) is 7.04. The van der Waals surface area contributed by atoms with Gasteiger partial charge in [-0.2, -0.15) is 0 Å². The van der Waals surface area contributed by atoms with Crippen LogP contribution in [0.4, 0.5) is 5.69 Å². The minimum atomic E-state index is 0.271. The van der Waals surface area contributed by atoms with Crippen LogP contribution in [-0.4, -0.2) is 16.1 Å². The number of thiocarbonyl (C=S) groups is 1. The van der Waals surface area contributed by atoms with E-state index in [1.54, 1.807) is 11.3 Å². The summed E-state index contributed by atoms with van der Waals surface area (Å²) in [4.78, 5) is 3.75. The van der Waals surface area contributed by atoms with Gasteiger partial charge in [-0.25, -0.2) is 0 Å². The quantitative estimate of drug-likeness (QED) is 0.575. The Morgan fingerprint density at radius 3 is 2.68 bits per heavy atom. The minimum Gasteiger partial charge on any atom is -0.338 e. The standard InChI is InChI=1S/C20H25ClN2S2/c1-14-10-11-18(17(21)13-14)22-20(24)23(16-7-4-3-5-8-16)15(2)19-9-6-12-25-19/h6,9-13,15-16H,3-5,7-8H2,1-2H3,(H,22,24)/t15-/m1/s1. The third-order valence-corrected chi connectivity index (χ3v) is 6.61. The van der Waals surface area contributed by atoms with Gasteiger partial charge in [0.05, 0.1) is 16.8 Å². The molecule has 25 heavy (non-hydrogen) atoms. The molecule has 3 rings (SSSR count). The first kappa shape index (κ1) is 18.7. The summed E-state index contributed by atoms with van der Waals surface area (Å²) in [6.45, 7) is 4.30. The van der Waals surface area contributed by atoms with E-state index in [4.69, 9.17) is 23.8 Å². The Hall–Kier alpha value is -1.10. The molecular weight excluding hydrogens is 368 g/mol. The molecule has 1 aliphatic carbocycles. The van der Waals surface area contributed by atoms with Gasteiger partial charge in [-0.05, 0) is 68.0 Å². The van der Waals surface area contributed by atoms with Crippen molar-refractivity contribution in [1.29, 1.82) is 0 Å². The Morgan fingerprint density at radius 1 is 1.28 bits per heavy atom. The predicted octanol–water partition coefficient (Wildman–Crippen LogP) is 6.80. The number of nitrogens with zero attached hydrogens (tertiary/aromatic N) is 1. The first-order valence-corrected chi connectivity index (χ1v) is 10.6. The second-order valence-electron chi connectivity index (χ2n) is 6.80. The molecule has 1 N–H and O–H groups in total. The summed E-state index contributed by atoms with van der Waals surface area (Å²) in [6, 6.07) is 11.1. The lowest BCUT2D eigenvalue weighted by Crippen LogP contribution is -2.45. The van der Waals surface area contributed by atoms with Crippen LogP contribution in [0.15, 0.2) is 35.7 Å². The van der Waals surface area contributed by atoms with Crippen molar-refractivity contribution in [2.24, 2.45) is 0 Å². The molecule has 1 aromatic heterocycles. The topological polar surface area (TPSA) is 15.3 Å². The number of nitrogens with one attached hydrogen (secondary N) is 1. The zero-order valence-electron chi connectivity index (χ0n) is 14.8. The second kappa shape index (κ2) is 8.52. The largest absolute Gasteiger partial charge is 0.338 e. The molecule has 0 radical (unpaired) electrons. The van der Waals surface area contributed by atoms with Crippen LogP contribution in [-0.2, 0) is 0 Å². The summed E-state index contributed by atoms with van der Waals surface area (Å²) in [5.41, 5.74) is 2.04. The molecule has 1 saturated carbocycles. The molecule has 2 aromatic rings. The van der Waals surface area contributed by atoms with Crippen molar-refractivity contribution in [2.45, 2.75) is 58.0 Å². The van der Waals surface area contributed by atoms with E-state index in [0.717, 1.165) is 21.4 Å². The predicted molar refractivity (Wildman–Crippen MR) is 114 cm³/mol. The van der Waals surface area contributed by atoms with Gasteiger partial charge >= 0.3 is 0 Å². The zero-order chi connectivity index (χ0) is 17.8. The SMILES string of the molecule is Cc1ccc(NC(=S)N(C2CCCCC2)[C@H](C)c2cccs2)c(Cl)c1. The van der Waals surface area contributed by atoms with Crippen molar-refractivity contribution in [3.8, 4) is 0 Å². The third kappa shape index (κ3) is 4.55. The fourth-order valence-electron chi connectivity index (χ4n) is 3.58.